The van der Waals surface area contributed by atoms with Gasteiger partial charge in [-0.05, 0) is 30.5 Å². The van der Waals surface area contributed by atoms with E-state index in [1.165, 1.54) is 28.8 Å². The maximum absolute atomic E-state index is 2.31. The molecule has 0 unspecified atom stereocenters. The predicted octanol–water partition coefficient (Wildman–Crippen LogP) is 3.44. The van der Waals surface area contributed by atoms with E-state index in [9.17, 15) is 0 Å². The molecule has 0 saturated heterocycles. The van der Waals surface area contributed by atoms with E-state index in [0.717, 1.165) is 6.42 Å². The molecule has 0 atom stereocenters. The topological polar surface area (TPSA) is 3.88 Å². The van der Waals surface area contributed by atoms with Crippen LogP contribution >= 0.6 is 0 Å². The van der Waals surface area contributed by atoms with E-state index in [4.69, 9.17) is 0 Å². The van der Waals surface area contributed by atoms with E-state index in [0.29, 0.717) is 0 Å². The van der Waals surface area contributed by atoms with Gasteiger partial charge in [0.25, 0.3) is 0 Å². The molecule has 0 N–H and O–H groups in total. The van der Waals surface area contributed by atoms with Crippen LogP contribution < -0.4 is 4.57 Å². The Morgan fingerprint density at radius 3 is 2.59 bits per heavy atom. The van der Waals surface area contributed by atoms with Gasteiger partial charge in [-0.3, -0.25) is 0 Å². The molecule has 1 aromatic carbocycles. The van der Waals surface area contributed by atoms with Crippen molar-refractivity contribution in [3.05, 3.63) is 53.7 Å². The van der Waals surface area contributed by atoms with Gasteiger partial charge in [-0.25, -0.2) is 4.57 Å². The number of nitrogens with zero attached hydrogens (tertiary/aromatic N) is 1. The minimum absolute atomic E-state index is 1.15. The normalized spacial score (nSPS) is 10.5. The number of rotatable bonds is 3. The van der Waals surface area contributed by atoms with Crippen LogP contribution in [-0.4, -0.2) is 0 Å². The standard InChI is InChI=1S/C16H20N/c1-4-7-14-10-11-17(3)16(12-14)15-9-6-5-8-13(15)2/h5-6,8-12H,4,7H2,1-3H3/q+1. The largest absolute Gasteiger partial charge is 0.212 e. The van der Waals surface area contributed by atoms with Gasteiger partial charge in [0.2, 0.25) is 5.69 Å². The highest BCUT2D eigenvalue weighted by Gasteiger charge is 2.12. The minimum atomic E-state index is 1.15. The zero-order chi connectivity index (χ0) is 12.3. The zero-order valence-electron chi connectivity index (χ0n) is 10.9. The number of benzene rings is 1. The molecule has 0 aliphatic rings. The molecule has 1 heteroatoms. The fourth-order valence-electron chi connectivity index (χ4n) is 2.19. The van der Waals surface area contributed by atoms with Gasteiger partial charge in [0.15, 0.2) is 6.20 Å². The molecule has 0 bridgehead atoms. The summed E-state index contributed by atoms with van der Waals surface area (Å²) in [5.74, 6) is 0. The molecular weight excluding hydrogens is 206 g/mol. The number of aromatic nitrogens is 1. The molecule has 1 aromatic heterocycles. The van der Waals surface area contributed by atoms with Crippen LogP contribution in [0.2, 0.25) is 0 Å². The van der Waals surface area contributed by atoms with Crippen molar-refractivity contribution in [2.45, 2.75) is 26.7 Å². The molecule has 0 spiro atoms. The smallest absolute Gasteiger partial charge is 0.201 e. The lowest BCUT2D eigenvalue weighted by atomic mass is 10.0. The fraction of sp³-hybridized carbons (Fsp3) is 0.312. The first kappa shape index (κ1) is 11.8. The highest BCUT2D eigenvalue weighted by Crippen LogP contribution is 2.20. The van der Waals surface area contributed by atoms with E-state index < -0.39 is 0 Å². The van der Waals surface area contributed by atoms with E-state index in [2.05, 4.69) is 68.1 Å². The Morgan fingerprint density at radius 2 is 1.88 bits per heavy atom. The predicted molar refractivity (Wildman–Crippen MR) is 71.8 cm³/mol. The van der Waals surface area contributed by atoms with Crippen molar-refractivity contribution in [3.8, 4) is 11.3 Å². The van der Waals surface area contributed by atoms with Crippen LogP contribution in [0.4, 0.5) is 0 Å². The molecule has 1 heterocycles. The van der Waals surface area contributed by atoms with E-state index in [-0.39, 0.29) is 0 Å². The molecule has 0 amide bonds. The number of hydrogen-bond donors (Lipinski definition) is 0. The maximum Gasteiger partial charge on any atom is 0.212 e. The summed E-state index contributed by atoms with van der Waals surface area (Å²) in [5, 5.41) is 0. The quantitative estimate of drug-likeness (QED) is 0.706. The molecule has 0 fully saturated rings. The van der Waals surface area contributed by atoms with Crippen molar-refractivity contribution in [3.63, 3.8) is 0 Å². The lowest BCUT2D eigenvalue weighted by Gasteiger charge is -2.05. The van der Waals surface area contributed by atoms with Crippen molar-refractivity contribution in [2.75, 3.05) is 0 Å². The fourth-order valence-corrected chi connectivity index (χ4v) is 2.19. The van der Waals surface area contributed by atoms with Crippen LogP contribution in [0, 0.1) is 6.92 Å². The summed E-state index contributed by atoms with van der Waals surface area (Å²) in [6.07, 6.45) is 4.51. The van der Waals surface area contributed by atoms with Gasteiger partial charge in [-0.1, -0.05) is 31.5 Å². The first-order valence-electron chi connectivity index (χ1n) is 6.27. The van der Waals surface area contributed by atoms with Crippen molar-refractivity contribution in [2.24, 2.45) is 7.05 Å². The highest BCUT2D eigenvalue weighted by atomic mass is 14.9. The Bertz CT molecular complexity index is 515. The summed E-state index contributed by atoms with van der Waals surface area (Å²) in [6, 6.07) is 13.1. The van der Waals surface area contributed by atoms with E-state index in [1.54, 1.807) is 0 Å². The Morgan fingerprint density at radius 1 is 1.12 bits per heavy atom. The molecule has 0 saturated carbocycles. The average Bonchev–Trinajstić information content (AvgIpc) is 2.33. The van der Waals surface area contributed by atoms with Crippen molar-refractivity contribution in [1.82, 2.24) is 0 Å². The number of aryl methyl sites for hydroxylation is 3. The lowest BCUT2D eigenvalue weighted by molar-refractivity contribution is -0.660. The highest BCUT2D eigenvalue weighted by molar-refractivity contribution is 5.61. The van der Waals surface area contributed by atoms with Crippen LogP contribution in [0.3, 0.4) is 0 Å². The monoisotopic (exact) mass is 226 g/mol. The van der Waals surface area contributed by atoms with Gasteiger partial charge in [-0.2, -0.15) is 0 Å². The molecular formula is C16H20N+. The SMILES string of the molecule is CCCc1cc[n+](C)c(-c2ccccc2C)c1. The van der Waals surface area contributed by atoms with Crippen molar-refractivity contribution < 1.29 is 4.57 Å². The lowest BCUT2D eigenvalue weighted by Crippen LogP contribution is -2.30. The molecule has 17 heavy (non-hydrogen) atoms. The van der Waals surface area contributed by atoms with Gasteiger partial charge in [0.1, 0.15) is 7.05 Å². The van der Waals surface area contributed by atoms with Crippen molar-refractivity contribution >= 4 is 0 Å². The van der Waals surface area contributed by atoms with Gasteiger partial charge in [0.05, 0.1) is 0 Å². The van der Waals surface area contributed by atoms with Crippen LogP contribution in [0.1, 0.15) is 24.5 Å². The third-order valence-electron chi connectivity index (χ3n) is 3.17. The summed E-state index contributed by atoms with van der Waals surface area (Å²) in [5.41, 5.74) is 5.38. The van der Waals surface area contributed by atoms with E-state index >= 15 is 0 Å². The summed E-state index contributed by atoms with van der Waals surface area (Å²) in [6.45, 7) is 4.39. The second-order valence-corrected chi connectivity index (χ2v) is 4.60. The Kier molecular flexibility index (Phi) is 3.58. The first-order valence-corrected chi connectivity index (χ1v) is 6.27. The zero-order valence-corrected chi connectivity index (χ0v) is 10.9. The molecule has 1 nitrogen and oxygen atoms in total. The van der Waals surface area contributed by atoms with Crippen LogP contribution in [-0.2, 0) is 13.5 Å². The summed E-state index contributed by atoms with van der Waals surface area (Å²) in [7, 11) is 2.11. The Labute approximate surface area is 104 Å². The van der Waals surface area contributed by atoms with Gasteiger partial charge in [0, 0.05) is 17.7 Å². The van der Waals surface area contributed by atoms with Crippen LogP contribution in [0.5, 0.6) is 0 Å². The summed E-state index contributed by atoms with van der Waals surface area (Å²) < 4.78 is 2.20. The van der Waals surface area contributed by atoms with Gasteiger partial charge >= 0.3 is 0 Å². The molecule has 0 radical (unpaired) electrons. The summed E-state index contributed by atoms with van der Waals surface area (Å²) in [4.78, 5) is 0. The van der Waals surface area contributed by atoms with Gasteiger partial charge in [-0.15, -0.1) is 0 Å². The van der Waals surface area contributed by atoms with Crippen molar-refractivity contribution in [1.29, 1.82) is 0 Å². The second-order valence-electron chi connectivity index (χ2n) is 4.60. The summed E-state index contributed by atoms with van der Waals surface area (Å²) >= 11 is 0. The van der Waals surface area contributed by atoms with Crippen LogP contribution in [0.25, 0.3) is 11.3 Å². The third kappa shape index (κ3) is 2.55. The number of hydrogen-bond acceptors (Lipinski definition) is 0. The Hall–Kier alpha value is -1.63. The molecule has 88 valence electrons. The second kappa shape index (κ2) is 5.13. The van der Waals surface area contributed by atoms with Crippen LogP contribution in [0.15, 0.2) is 42.6 Å². The minimum Gasteiger partial charge on any atom is -0.201 e. The van der Waals surface area contributed by atoms with E-state index in [1.807, 2.05) is 0 Å². The number of pyridine rings is 1. The molecule has 0 aliphatic carbocycles. The average molecular weight is 226 g/mol. The van der Waals surface area contributed by atoms with Gasteiger partial charge < -0.3 is 0 Å². The first-order chi connectivity index (χ1) is 8.22. The maximum atomic E-state index is 2.31. The molecule has 2 aromatic rings. The molecule has 0 aliphatic heterocycles. The Balaban J connectivity index is 2.51. The third-order valence-corrected chi connectivity index (χ3v) is 3.17. The molecule has 2 rings (SSSR count).